The third kappa shape index (κ3) is 3.01. The number of carbonyl (C=O) groups is 1. The summed E-state index contributed by atoms with van der Waals surface area (Å²) in [7, 11) is 0. The first-order valence-corrected chi connectivity index (χ1v) is 10.5. The number of nitrogens with one attached hydrogen (secondary N) is 1. The Morgan fingerprint density at radius 1 is 1.11 bits per heavy atom. The van der Waals surface area contributed by atoms with Crippen molar-refractivity contribution in [3.05, 3.63) is 36.3 Å². The summed E-state index contributed by atoms with van der Waals surface area (Å²) in [6, 6.07) is 4.49. The van der Waals surface area contributed by atoms with Crippen molar-refractivity contribution in [1.82, 2.24) is 24.8 Å². The predicted octanol–water partition coefficient (Wildman–Crippen LogP) is 4.14. The summed E-state index contributed by atoms with van der Waals surface area (Å²) in [6.45, 7) is 5.74. The molecule has 5 heterocycles. The van der Waals surface area contributed by atoms with Crippen molar-refractivity contribution in [2.24, 2.45) is 5.92 Å². The first kappa shape index (κ1) is 17.5. The number of pyridine rings is 2. The van der Waals surface area contributed by atoms with E-state index < -0.39 is 0 Å². The zero-order valence-corrected chi connectivity index (χ0v) is 16.4. The molecule has 0 aliphatic carbocycles. The van der Waals surface area contributed by atoms with Gasteiger partial charge >= 0.3 is 6.03 Å². The molecule has 146 valence electrons. The fourth-order valence-corrected chi connectivity index (χ4v) is 4.97. The van der Waals surface area contributed by atoms with Gasteiger partial charge in [0.1, 0.15) is 0 Å². The SMILES string of the molecule is CC1CCCN(C(=O)N2CCC(c3cc[nH]c4cnc5nccc5c34)CC2)C1. The Balaban J connectivity index is 1.36. The highest BCUT2D eigenvalue weighted by Gasteiger charge is 2.29. The molecule has 2 aliphatic rings. The van der Waals surface area contributed by atoms with Crippen LogP contribution in [-0.2, 0) is 0 Å². The molecule has 1 N–H and O–H groups in total. The minimum Gasteiger partial charge on any atom is -0.360 e. The van der Waals surface area contributed by atoms with E-state index >= 15 is 0 Å². The van der Waals surface area contributed by atoms with E-state index in [9.17, 15) is 4.79 Å². The van der Waals surface area contributed by atoms with Crippen LogP contribution >= 0.6 is 0 Å². The molecule has 0 aromatic carbocycles. The number of urea groups is 1. The number of likely N-dealkylation sites (tertiary alicyclic amines) is 2. The largest absolute Gasteiger partial charge is 0.360 e. The van der Waals surface area contributed by atoms with Crippen LogP contribution < -0.4 is 0 Å². The van der Waals surface area contributed by atoms with Gasteiger partial charge in [-0.2, -0.15) is 0 Å². The Bertz CT molecular complexity index is 1000. The van der Waals surface area contributed by atoms with Crippen LogP contribution in [0.5, 0.6) is 0 Å². The standard InChI is InChI=1S/C22H27N5O/c1-15-3-2-10-27(14-15)22(28)26-11-6-16(7-12-26)17-4-8-23-19-13-25-21-18(20(17)19)5-9-24-21/h4-5,8-9,13,15-16,23H,2-3,6-7,10-12,14H2,1H3. The molecule has 2 fully saturated rings. The molecular formula is C22H27N5O. The van der Waals surface area contributed by atoms with Gasteiger partial charge < -0.3 is 14.8 Å². The second-order valence-corrected chi connectivity index (χ2v) is 8.40. The second kappa shape index (κ2) is 7.08. The fourth-order valence-electron chi connectivity index (χ4n) is 4.97. The van der Waals surface area contributed by atoms with Crippen molar-refractivity contribution in [2.75, 3.05) is 26.2 Å². The highest BCUT2D eigenvalue weighted by atomic mass is 16.2. The predicted molar refractivity (Wildman–Crippen MR) is 110 cm³/mol. The number of nitrogens with zero attached hydrogens (tertiary/aromatic N) is 4. The van der Waals surface area contributed by atoms with Crippen LogP contribution in [0.1, 0.15) is 44.1 Å². The van der Waals surface area contributed by atoms with E-state index in [1.54, 1.807) is 0 Å². The third-order valence-electron chi connectivity index (χ3n) is 6.46. The van der Waals surface area contributed by atoms with Crippen molar-refractivity contribution in [3.8, 4) is 0 Å². The second-order valence-electron chi connectivity index (χ2n) is 8.40. The lowest BCUT2D eigenvalue weighted by molar-refractivity contribution is 0.121. The zero-order valence-electron chi connectivity index (χ0n) is 16.4. The molecule has 0 bridgehead atoms. The zero-order chi connectivity index (χ0) is 19.1. The number of H-pyrrole nitrogens is 1. The van der Waals surface area contributed by atoms with Gasteiger partial charge in [-0.15, -0.1) is 0 Å². The Kier molecular flexibility index (Phi) is 4.41. The molecule has 5 rings (SSSR count). The quantitative estimate of drug-likeness (QED) is 0.693. The molecule has 2 aliphatic heterocycles. The van der Waals surface area contributed by atoms with Crippen LogP contribution in [0.15, 0.2) is 30.7 Å². The Morgan fingerprint density at radius 2 is 1.96 bits per heavy atom. The summed E-state index contributed by atoms with van der Waals surface area (Å²) < 4.78 is 0. The van der Waals surface area contributed by atoms with Crippen LogP contribution in [0.25, 0.3) is 21.9 Å². The van der Waals surface area contributed by atoms with Crippen LogP contribution in [0.4, 0.5) is 4.79 Å². The van der Waals surface area contributed by atoms with Crippen molar-refractivity contribution < 1.29 is 4.79 Å². The monoisotopic (exact) mass is 377 g/mol. The van der Waals surface area contributed by atoms with Gasteiger partial charge in [0.15, 0.2) is 5.65 Å². The number of aromatic amines is 1. The minimum atomic E-state index is 0.239. The maximum Gasteiger partial charge on any atom is 0.320 e. The van der Waals surface area contributed by atoms with Gasteiger partial charge in [-0.05, 0) is 55.2 Å². The maximum atomic E-state index is 12.9. The van der Waals surface area contributed by atoms with Gasteiger partial charge in [0.05, 0.1) is 11.7 Å². The molecule has 6 heteroatoms. The van der Waals surface area contributed by atoms with Crippen molar-refractivity contribution in [3.63, 3.8) is 0 Å². The van der Waals surface area contributed by atoms with E-state index in [-0.39, 0.29) is 6.03 Å². The molecule has 3 aromatic rings. The molecule has 0 spiro atoms. The summed E-state index contributed by atoms with van der Waals surface area (Å²) >= 11 is 0. The number of fused-ring (bicyclic) bond motifs is 3. The number of hydrogen-bond donors (Lipinski definition) is 1. The topological polar surface area (TPSA) is 65.1 Å². The first-order chi connectivity index (χ1) is 13.7. The number of piperidine rings is 2. The lowest BCUT2D eigenvalue weighted by atomic mass is 9.87. The van der Waals surface area contributed by atoms with E-state index in [0.717, 1.165) is 62.0 Å². The van der Waals surface area contributed by atoms with Gasteiger partial charge in [0.2, 0.25) is 0 Å². The highest BCUT2D eigenvalue weighted by molar-refractivity contribution is 6.05. The average molecular weight is 377 g/mol. The first-order valence-electron chi connectivity index (χ1n) is 10.5. The number of hydrogen-bond acceptors (Lipinski definition) is 3. The summed E-state index contributed by atoms with van der Waals surface area (Å²) in [5.41, 5.74) is 3.21. The van der Waals surface area contributed by atoms with E-state index in [1.807, 2.05) is 18.6 Å². The van der Waals surface area contributed by atoms with E-state index in [0.29, 0.717) is 11.8 Å². The van der Waals surface area contributed by atoms with Crippen LogP contribution in [0.3, 0.4) is 0 Å². The van der Waals surface area contributed by atoms with Gasteiger partial charge in [0.25, 0.3) is 0 Å². The summed E-state index contributed by atoms with van der Waals surface area (Å²) in [4.78, 5) is 29.2. The maximum absolute atomic E-state index is 12.9. The van der Waals surface area contributed by atoms with Crippen LogP contribution in [0.2, 0.25) is 0 Å². The van der Waals surface area contributed by atoms with Crippen molar-refractivity contribution in [1.29, 1.82) is 0 Å². The molecule has 28 heavy (non-hydrogen) atoms. The average Bonchev–Trinajstić information content (AvgIpc) is 3.22. The smallest absolute Gasteiger partial charge is 0.320 e. The molecule has 6 nitrogen and oxygen atoms in total. The molecule has 2 saturated heterocycles. The lowest BCUT2D eigenvalue weighted by Gasteiger charge is -2.38. The molecule has 0 radical (unpaired) electrons. The number of aromatic nitrogens is 3. The van der Waals surface area contributed by atoms with Gasteiger partial charge in [-0.1, -0.05) is 6.92 Å². The summed E-state index contributed by atoms with van der Waals surface area (Å²) in [5, 5.41) is 2.35. The fraction of sp³-hybridized carbons (Fsp3) is 0.500. The van der Waals surface area contributed by atoms with E-state index in [1.165, 1.54) is 17.4 Å². The molecule has 3 aromatic heterocycles. The molecule has 0 saturated carbocycles. The molecule has 1 atom stereocenters. The summed E-state index contributed by atoms with van der Waals surface area (Å²) in [6.07, 6.45) is 10.1. The number of amides is 2. The van der Waals surface area contributed by atoms with Crippen molar-refractivity contribution in [2.45, 2.75) is 38.5 Å². The molecule has 2 amide bonds. The minimum absolute atomic E-state index is 0.239. The van der Waals surface area contributed by atoms with Crippen molar-refractivity contribution >= 4 is 28.0 Å². The molecule has 1 unspecified atom stereocenters. The Labute approximate surface area is 164 Å². The number of carbonyl (C=O) groups excluding carboxylic acids is 1. The summed E-state index contributed by atoms with van der Waals surface area (Å²) in [5.74, 6) is 1.08. The van der Waals surface area contributed by atoms with Gasteiger partial charge in [-0.3, -0.25) is 0 Å². The number of rotatable bonds is 1. The van der Waals surface area contributed by atoms with Crippen LogP contribution in [-0.4, -0.2) is 57.0 Å². The third-order valence-corrected chi connectivity index (χ3v) is 6.46. The van der Waals surface area contributed by atoms with Gasteiger partial charge in [-0.25, -0.2) is 14.8 Å². The molecular weight excluding hydrogens is 350 g/mol. The van der Waals surface area contributed by atoms with Gasteiger partial charge in [0, 0.05) is 49.3 Å². The Morgan fingerprint density at radius 3 is 2.79 bits per heavy atom. The van der Waals surface area contributed by atoms with E-state index in [4.69, 9.17) is 0 Å². The normalized spacial score (nSPS) is 21.5. The highest BCUT2D eigenvalue weighted by Crippen LogP contribution is 2.35. The van der Waals surface area contributed by atoms with Crippen LogP contribution in [0, 0.1) is 5.92 Å². The Hall–Kier alpha value is -2.63. The lowest BCUT2D eigenvalue weighted by Crippen LogP contribution is -2.49. The van der Waals surface area contributed by atoms with E-state index in [2.05, 4.69) is 43.8 Å².